The largest absolute Gasteiger partial charge is 0.349 e. The Labute approximate surface area is 154 Å². The van der Waals surface area contributed by atoms with E-state index in [9.17, 15) is 23.2 Å². The molecule has 1 aliphatic rings. The maximum absolute atomic E-state index is 13.6. The van der Waals surface area contributed by atoms with Crippen LogP contribution < -0.4 is 10.6 Å². The molecule has 1 saturated heterocycles. The van der Waals surface area contributed by atoms with Crippen LogP contribution in [0.4, 0.5) is 8.78 Å². The summed E-state index contributed by atoms with van der Waals surface area (Å²) in [4.78, 5) is 35.3. The highest BCUT2D eigenvalue weighted by Gasteiger charge is 2.32. The number of benzene rings is 2. The first-order valence-corrected chi connectivity index (χ1v) is 8.53. The van der Waals surface area contributed by atoms with Crippen molar-refractivity contribution in [3.63, 3.8) is 0 Å². The number of rotatable bonds is 6. The molecule has 0 spiro atoms. The van der Waals surface area contributed by atoms with E-state index in [2.05, 4.69) is 10.6 Å². The van der Waals surface area contributed by atoms with E-state index in [1.165, 1.54) is 30.3 Å². The summed E-state index contributed by atoms with van der Waals surface area (Å²) in [7, 11) is 0. The van der Waals surface area contributed by atoms with Gasteiger partial charge in [-0.2, -0.15) is 0 Å². The van der Waals surface area contributed by atoms with E-state index in [1.807, 2.05) is 0 Å². The van der Waals surface area contributed by atoms with Gasteiger partial charge in [0.25, 0.3) is 0 Å². The van der Waals surface area contributed by atoms with Gasteiger partial charge in [0.1, 0.15) is 11.6 Å². The highest BCUT2D eigenvalue weighted by molar-refractivity contribution is 6.04. The summed E-state index contributed by atoms with van der Waals surface area (Å²) >= 11 is 0. The Morgan fingerprint density at radius 1 is 1.11 bits per heavy atom. The van der Waals surface area contributed by atoms with Crippen LogP contribution in [0, 0.1) is 17.6 Å². The van der Waals surface area contributed by atoms with Crippen LogP contribution in [0.2, 0.25) is 0 Å². The Balaban J connectivity index is 1.76. The second-order valence-corrected chi connectivity index (χ2v) is 6.53. The SMILES string of the molecule is O=C1CC(CC(=O)NC(Cc2cccc(F)c2)c2cccc(F)c2)C(=O)N1. The van der Waals surface area contributed by atoms with Crippen molar-refractivity contribution in [2.75, 3.05) is 0 Å². The number of imide groups is 1. The van der Waals surface area contributed by atoms with Crippen LogP contribution in [0.3, 0.4) is 0 Å². The number of nitrogens with one attached hydrogen (secondary N) is 2. The van der Waals surface area contributed by atoms with Crippen molar-refractivity contribution < 1.29 is 23.2 Å². The molecular formula is C20H18F2N2O3. The Morgan fingerprint density at radius 3 is 2.44 bits per heavy atom. The smallest absolute Gasteiger partial charge is 0.230 e. The van der Waals surface area contributed by atoms with Gasteiger partial charge in [-0.25, -0.2) is 8.78 Å². The molecule has 5 nitrogen and oxygen atoms in total. The minimum atomic E-state index is -0.708. The van der Waals surface area contributed by atoms with Gasteiger partial charge in [-0.1, -0.05) is 24.3 Å². The molecule has 0 saturated carbocycles. The molecule has 0 aromatic heterocycles. The lowest BCUT2D eigenvalue weighted by Gasteiger charge is -2.20. The molecule has 0 aliphatic carbocycles. The maximum atomic E-state index is 13.6. The van der Waals surface area contributed by atoms with Crippen LogP contribution in [0.15, 0.2) is 48.5 Å². The summed E-state index contributed by atoms with van der Waals surface area (Å²) < 4.78 is 27.1. The summed E-state index contributed by atoms with van der Waals surface area (Å²) in [6.07, 6.45) is 0.0794. The minimum absolute atomic E-state index is 0.0270. The van der Waals surface area contributed by atoms with Crippen molar-refractivity contribution in [2.24, 2.45) is 5.92 Å². The fourth-order valence-corrected chi connectivity index (χ4v) is 3.12. The van der Waals surface area contributed by atoms with Crippen LogP contribution in [-0.2, 0) is 20.8 Å². The lowest BCUT2D eigenvalue weighted by atomic mass is 9.97. The number of hydrogen-bond donors (Lipinski definition) is 2. The predicted molar refractivity (Wildman–Crippen MR) is 93.3 cm³/mol. The monoisotopic (exact) mass is 372 g/mol. The molecule has 1 heterocycles. The molecule has 1 fully saturated rings. The first-order valence-electron chi connectivity index (χ1n) is 8.53. The van der Waals surface area contributed by atoms with Crippen LogP contribution in [0.5, 0.6) is 0 Å². The number of hydrogen-bond acceptors (Lipinski definition) is 3. The molecule has 2 N–H and O–H groups in total. The zero-order valence-electron chi connectivity index (χ0n) is 14.4. The van der Waals surface area contributed by atoms with Crippen molar-refractivity contribution in [2.45, 2.75) is 25.3 Å². The molecule has 3 amide bonds. The summed E-state index contributed by atoms with van der Waals surface area (Å²) in [5, 5.41) is 4.93. The third-order valence-corrected chi connectivity index (χ3v) is 4.41. The van der Waals surface area contributed by atoms with E-state index >= 15 is 0 Å². The van der Waals surface area contributed by atoms with Crippen molar-refractivity contribution in [1.29, 1.82) is 0 Å². The molecule has 0 radical (unpaired) electrons. The van der Waals surface area contributed by atoms with Crippen LogP contribution >= 0.6 is 0 Å². The van der Waals surface area contributed by atoms with Gasteiger partial charge in [0, 0.05) is 12.8 Å². The average Bonchev–Trinajstić information content (AvgIpc) is 2.91. The Hall–Kier alpha value is -3.09. The highest BCUT2D eigenvalue weighted by Crippen LogP contribution is 2.22. The summed E-state index contributed by atoms with van der Waals surface area (Å²) in [6.45, 7) is 0. The van der Waals surface area contributed by atoms with Gasteiger partial charge in [0.15, 0.2) is 0 Å². The van der Waals surface area contributed by atoms with Gasteiger partial charge in [-0.3, -0.25) is 19.7 Å². The van der Waals surface area contributed by atoms with E-state index in [1.54, 1.807) is 18.2 Å². The lowest BCUT2D eigenvalue weighted by molar-refractivity contribution is -0.129. The van der Waals surface area contributed by atoms with E-state index in [0.717, 1.165) is 0 Å². The maximum Gasteiger partial charge on any atom is 0.230 e. The van der Waals surface area contributed by atoms with Gasteiger partial charge in [-0.15, -0.1) is 0 Å². The molecule has 1 aliphatic heterocycles. The molecule has 140 valence electrons. The fraction of sp³-hybridized carbons (Fsp3) is 0.250. The highest BCUT2D eigenvalue weighted by atomic mass is 19.1. The van der Waals surface area contributed by atoms with Crippen LogP contribution in [-0.4, -0.2) is 17.7 Å². The zero-order valence-corrected chi connectivity index (χ0v) is 14.4. The third kappa shape index (κ3) is 4.97. The molecule has 2 aromatic carbocycles. The molecule has 0 bridgehead atoms. The van der Waals surface area contributed by atoms with Crippen molar-refractivity contribution in [3.05, 3.63) is 71.3 Å². The fourth-order valence-electron chi connectivity index (χ4n) is 3.12. The standard InChI is InChI=1S/C20H18F2N2O3/c21-15-5-1-3-12(7-15)8-17(13-4-2-6-16(22)9-13)23-18(25)10-14-11-19(26)24-20(14)27/h1-7,9,14,17H,8,10-11H2,(H,23,25)(H,24,26,27). The molecule has 2 aromatic rings. The van der Waals surface area contributed by atoms with Gasteiger partial charge in [0.2, 0.25) is 17.7 Å². The Kier molecular flexibility index (Phi) is 5.59. The molecule has 3 rings (SSSR count). The summed E-state index contributed by atoms with van der Waals surface area (Å²) in [6, 6.07) is 11.1. The van der Waals surface area contributed by atoms with E-state index in [-0.39, 0.29) is 19.3 Å². The normalized spacial score (nSPS) is 17.5. The lowest BCUT2D eigenvalue weighted by Crippen LogP contribution is -2.33. The number of halogens is 2. The van der Waals surface area contributed by atoms with Crippen molar-refractivity contribution in [1.82, 2.24) is 10.6 Å². The van der Waals surface area contributed by atoms with Crippen LogP contribution in [0.1, 0.15) is 30.0 Å². The quantitative estimate of drug-likeness (QED) is 0.765. The number of amides is 3. The first kappa shape index (κ1) is 18.7. The average molecular weight is 372 g/mol. The second kappa shape index (κ2) is 8.07. The van der Waals surface area contributed by atoms with E-state index in [4.69, 9.17) is 0 Å². The predicted octanol–water partition coefficient (Wildman–Crippen LogP) is 2.42. The topological polar surface area (TPSA) is 75.3 Å². The first-order chi connectivity index (χ1) is 12.9. The summed E-state index contributed by atoms with van der Waals surface area (Å²) in [5.74, 6) is -2.87. The third-order valence-electron chi connectivity index (χ3n) is 4.41. The van der Waals surface area contributed by atoms with E-state index in [0.29, 0.717) is 11.1 Å². The Bertz CT molecular complexity index is 885. The number of carbonyl (C=O) groups excluding carboxylic acids is 3. The summed E-state index contributed by atoms with van der Waals surface area (Å²) in [5.41, 5.74) is 1.16. The molecule has 27 heavy (non-hydrogen) atoms. The molecule has 2 atom stereocenters. The van der Waals surface area contributed by atoms with Gasteiger partial charge in [0.05, 0.1) is 12.0 Å². The molecular weight excluding hydrogens is 354 g/mol. The van der Waals surface area contributed by atoms with E-state index < -0.39 is 41.3 Å². The number of carbonyl (C=O) groups is 3. The molecule has 2 unspecified atom stereocenters. The zero-order chi connectivity index (χ0) is 19.4. The minimum Gasteiger partial charge on any atom is -0.349 e. The van der Waals surface area contributed by atoms with Crippen LogP contribution in [0.25, 0.3) is 0 Å². The molecule has 7 heteroatoms. The second-order valence-electron chi connectivity index (χ2n) is 6.53. The van der Waals surface area contributed by atoms with Crippen molar-refractivity contribution >= 4 is 17.7 Å². The Morgan fingerprint density at radius 2 is 1.81 bits per heavy atom. The van der Waals surface area contributed by atoms with Gasteiger partial charge < -0.3 is 5.32 Å². The van der Waals surface area contributed by atoms with Gasteiger partial charge in [-0.05, 0) is 41.8 Å². The van der Waals surface area contributed by atoms with Gasteiger partial charge >= 0.3 is 0 Å². The van der Waals surface area contributed by atoms with Crippen molar-refractivity contribution in [3.8, 4) is 0 Å².